The topological polar surface area (TPSA) is 85.7 Å². The number of halogens is 2. The first kappa shape index (κ1) is 23.9. The summed E-state index contributed by atoms with van der Waals surface area (Å²) in [4.78, 5) is 8.62. The number of nitrogens with zero attached hydrogens (tertiary/aromatic N) is 3. The van der Waals surface area contributed by atoms with Crippen LogP contribution >= 0.6 is 0 Å². The number of nitrogens with one attached hydrogen (secondary N) is 1. The van der Waals surface area contributed by atoms with E-state index in [2.05, 4.69) is 19.6 Å². The molecule has 1 aliphatic heterocycles. The number of fused-ring (bicyclic) bond motifs is 6. The predicted molar refractivity (Wildman–Crippen MR) is 127 cm³/mol. The van der Waals surface area contributed by atoms with Crippen molar-refractivity contribution in [2.24, 2.45) is 4.36 Å². The van der Waals surface area contributed by atoms with Gasteiger partial charge in [-0.1, -0.05) is 11.3 Å². The second-order valence-corrected chi connectivity index (χ2v) is 9.23. The summed E-state index contributed by atoms with van der Waals surface area (Å²) >= 11 is 0. The normalized spacial score (nSPS) is 17.1. The molecular formula is C24H25F2N4O3S-. The SMILES string of the molecule is CN=[S-](=O)Cc1cc2nc(c1)O[C@@H](C)CCCCOc1cc(F)ccc1-c1cc(ncc1F)N2. The molecule has 1 aromatic carbocycles. The van der Waals surface area contributed by atoms with Crippen LogP contribution in [0.1, 0.15) is 31.7 Å². The number of aromatic nitrogens is 2. The number of pyridine rings is 2. The third-order valence-corrected chi connectivity index (χ3v) is 6.27. The van der Waals surface area contributed by atoms with Crippen LogP contribution < -0.4 is 14.8 Å². The molecule has 180 valence electrons. The number of ether oxygens (including phenoxy) is 2. The van der Waals surface area contributed by atoms with E-state index in [1.54, 1.807) is 12.1 Å². The van der Waals surface area contributed by atoms with Crippen molar-refractivity contribution in [3.63, 3.8) is 0 Å². The molecule has 0 saturated heterocycles. The number of benzene rings is 1. The lowest BCUT2D eigenvalue weighted by Gasteiger charge is -2.18. The summed E-state index contributed by atoms with van der Waals surface area (Å²) in [5, 5.41) is 3.07. The molecule has 10 heteroatoms. The molecule has 4 rings (SSSR count). The molecule has 1 N–H and O–H groups in total. The molecule has 0 radical (unpaired) electrons. The van der Waals surface area contributed by atoms with Gasteiger partial charge in [0, 0.05) is 30.3 Å². The molecule has 1 atom stereocenters. The Morgan fingerprint density at radius 3 is 2.82 bits per heavy atom. The van der Waals surface area contributed by atoms with Crippen LogP contribution in [-0.2, 0) is 20.6 Å². The average molecular weight is 488 g/mol. The zero-order chi connectivity index (χ0) is 24.1. The highest BCUT2D eigenvalue weighted by Crippen LogP contribution is 2.34. The monoisotopic (exact) mass is 487 g/mol. The Morgan fingerprint density at radius 1 is 1.15 bits per heavy atom. The van der Waals surface area contributed by atoms with E-state index in [1.165, 1.54) is 31.3 Å². The van der Waals surface area contributed by atoms with Gasteiger partial charge in [0.05, 0.1) is 18.9 Å². The van der Waals surface area contributed by atoms with Crippen molar-refractivity contribution >= 4 is 22.2 Å². The minimum Gasteiger partial charge on any atom is -0.493 e. The van der Waals surface area contributed by atoms with E-state index >= 15 is 0 Å². The number of hydrogen-bond donors (Lipinski definition) is 1. The van der Waals surface area contributed by atoms with Gasteiger partial charge in [-0.05, 0) is 50.5 Å². The molecule has 0 fully saturated rings. The molecule has 0 aliphatic carbocycles. The second kappa shape index (κ2) is 10.8. The first-order chi connectivity index (χ1) is 16.4. The molecule has 3 heterocycles. The third kappa shape index (κ3) is 5.99. The Morgan fingerprint density at radius 2 is 2.00 bits per heavy atom. The summed E-state index contributed by atoms with van der Waals surface area (Å²) in [6.45, 7) is 2.30. The van der Waals surface area contributed by atoms with Gasteiger partial charge in [0.2, 0.25) is 5.88 Å². The lowest BCUT2D eigenvalue weighted by atomic mass is 10.0. The van der Waals surface area contributed by atoms with Crippen LogP contribution in [-0.4, -0.2) is 29.7 Å². The number of hydrogen-bond acceptors (Lipinski definition) is 8. The first-order valence-corrected chi connectivity index (χ1v) is 12.2. The van der Waals surface area contributed by atoms with Crippen molar-refractivity contribution in [2.75, 3.05) is 19.0 Å². The molecule has 4 bridgehead atoms. The van der Waals surface area contributed by atoms with Gasteiger partial charge in [-0.25, -0.2) is 13.8 Å². The molecule has 2 aromatic heterocycles. The Bertz CT molecular complexity index is 1260. The van der Waals surface area contributed by atoms with E-state index in [0.29, 0.717) is 36.1 Å². The van der Waals surface area contributed by atoms with Crippen LogP contribution in [0.25, 0.3) is 11.1 Å². The molecular weight excluding hydrogens is 462 g/mol. The Hall–Kier alpha value is -3.27. The minimum atomic E-state index is -1.38. The molecule has 1 aliphatic rings. The molecule has 0 unspecified atom stereocenters. The van der Waals surface area contributed by atoms with Crippen molar-refractivity contribution in [1.29, 1.82) is 0 Å². The fraction of sp³-hybridized carbons (Fsp3) is 0.333. The van der Waals surface area contributed by atoms with Gasteiger partial charge in [0.15, 0.2) is 0 Å². The minimum absolute atomic E-state index is 0.120. The molecule has 0 spiro atoms. The fourth-order valence-electron chi connectivity index (χ4n) is 3.64. The molecule has 0 amide bonds. The van der Waals surface area contributed by atoms with Gasteiger partial charge >= 0.3 is 0 Å². The van der Waals surface area contributed by atoms with Gasteiger partial charge in [0.1, 0.15) is 29.0 Å². The molecule has 34 heavy (non-hydrogen) atoms. The largest absolute Gasteiger partial charge is 0.493 e. The van der Waals surface area contributed by atoms with E-state index < -0.39 is 22.2 Å². The third-order valence-electron chi connectivity index (χ3n) is 5.29. The van der Waals surface area contributed by atoms with Crippen molar-refractivity contribution in [3.8, 4) is 22.8 Å². The highest BCUT2D eigenvalue weighted by molar-refractivity contribution is 7.73. The smallest absolute Gasteiger partial charge is 0.215 e. The van der Waals surface area contributed by atoms with Gasteiger partial charge in [-0.3, -0.25) is 0 Å². The second-order valence-electron chi connectivity index (χ2n) is 7.93. The summed E-state index contributed by atoms with van der Waals surface area (Å²) in [7, 11) is 0.114. The van der Waals surface area contributed by atoms with Crippen molar-refractivity contribution in [1.82, 2.24) is 9.97 Å². The van der Waals surface area contributed by atoms with Crippen LogP contribution in [0, 0.1) is 11.6 Å². The van der Waals surface area contributed by atoms with Crippen molar-refractivity contribution < 1.29 is 22.5 Å². The van der Waals surface area contributed by atoms with Gasteiger partial charge in [-0.2, -0.15) is 15.6 Å². The first-order valence-electron chi connectivity index (χ1n) is 10.9. The maximum absolute atomic E-state index is 14.8. The summed E-state index contributed by atoms with van der Waals surface area (Å²) < 4.78 is 56.3. The Labute approximate surface area is 198 Å². The van der Waals surface area contributed by atoms with Crippen LogP contribution in [0.2, 0.25) is 0 Å². The molecule has 0 saturated carbocycles. The number of anilines is 2. The molecule has 3 aromatic rings. The number of rotatable bonds is 2. The van der Waals surface area contributed by atoms with E-state index in [4.69, 9.17) is 9.47 Å². The predicted octanol–water partition coefficient (Wildman–Crippen LogP) is 5.77. The van der Waals surface area contributed by atoms with E-state index in [1.807, 2.05) is 6.92 Å². The zero-order valence-electron chi connectivity index (χ0n) is 18.9. The van der Waals surface area contributed by atoms with Crippen molar-refractivity contribution in [2.45, 2.75) is 38.0 Å². The average Bonchev–Trinajstić information content (AvgIpc) is 2.79. The van der Waals surface area contributed by atoms with Crippen LogP contribution in [0.4, 0.5) is 20.4 Å². The molecule has 7 nitrogen and oxygen atoms in total. The maximum Gasteiger partial charge on any atom is 0.215 e. The highest BCUT2D eigenvalue weighted by Gasteiger charge is 2.16. The van der Waals surface area contributed by atoms with Crippen LogP contribution in [0.15, 0.2) is 47.0 Å². The van der Waals surface area contributed by atoms with E-state index in [0.717, 1.165) is 24.6 Å². The lowest BCUT2D eigenvalue weighted by molar-refractivity contribution is 0.194. The van der Waals surface area contributed by atoms with Crippen LogP contribution in [0.5, 0.6) is 11.6 Å². The fourth-order valence-corrected chi connectivity index (χ4v) is 4.22. The standard InChI is InChI=1S/C24H25F2N4O3S/c1-15-5-3-4-8-32-21-11-17(25)6-7-18(21)19-12-22(28-13-20(19)26)29-23-9-16(14-34(31)27-2)10-24(30-23)33-15/h6-7,9-13,15H,3-5,8,14H2,1-2H3,(H,28,29,30)/q-1/t15-/m0/s1. The van der Waals surface area contributed by atoms with E-state index in [-0.39, 0.29) is 23.2 Å². The summed E-state index contributed by atoms with van der Waals surface area (Å²) in [6.07, 6.45) is 3.24. The van der Waals surface area contributed by atoms with Gasteiger partial charge in [-0.15, -0.1) is 0 Å². The summed E-state index contributed by atoms with van der Waals surface area (Å²) in [6, 6.07) is 8.99. The zero-order valence-corrected chi connectivity index (χ0v) is 19.7. The quantitative estimate of drug-likeness (QED) is 0.462. The summed E-state index contributed by atoms with van der Waals surface area (Å²) in [5.41, 5.74) is 1.36. The van der Waals surface area contributed by atoms with Crippen LogP contribution in [0.3, 0.4) is 0 Å². The van der Waals surface area contributed by atoms with Crippen molar-refractivity contribution in [3.05, 3.63) is 59.8 Å². The maximum atomic E-state index is 14.8. The Balaban J connectivity index is 1.78. The lowest BCUT2D eigenvalue weighted by Crippen LogP contribution is -2.14. The van der Waals surface area contributed by atoms with E-state index in [9.17, 15) is 13.0 Å². The summed E-state index contributed by atoms with van der Waals surface area (Å²) in [5.74, 6) is 0.545. The highest BCUT2D eigenvalue weighted by atomic mass is 32.2. The van der Waals surface area contributed by atoms with Gasteiger partial charge in [0.25, 0.3) is 0 Å². The Kier molecular flexibility index (Phi) is 7.56. The van der Waals surface area contributed by atoms with Gasteiger partial charge < -0.3 is 23.4 Å².